The third-order valence-electron chi connectivity index (χ3n) is 2.36. The number of nitrogens with zero attached hydrogens (tertiary/aromatic N) is 3. The molecule has 1 heterocycles. The first-order chi connectivity index (χ1) is 9.02. The van der Waals surface area contributed by atoms with Crippen molar-refractivity contribution in [1.29, 1.82) is 5.26 Å². The first-order valence-electron chi connectivity index (χ1n) is 5.50. The Morgan fingerprint density at radius 3 is 2.74 bits per heavy atom. The molecule has 0 fully saturated rings. The van der Waals surface area contributed by atoms with Gasteiger partial charge in [-0.25, -0.2) is 13.4 Å². The predicted octanol–water partition coefficient (Wildman–Crippen LogP) is 1.29. The van der Waals surface area contributed by atoms with Gasteiger partial charge in [0.15, 0.2) is 0 Å². The van der Waals surface area contributed by atoms with Crippen molar-refractivity contribution in [3.05, 3.63) is 23.5 Å². The lowest BCUT2D eigenvalue weighted by atomic mass is 10.4. The zero-order chi connectivity index (χ0) is 14.3. The van der Waals surface area contributed by atoms with Gasteiger partial charge >= 0.3 is 0 Å². The fourth-order valence-electron chi connectivity index (χ4n) is 1.38. The van der Waals surface area contributed by atoms with E-state index < -0.39 is 10.0 Å². The topological polar surface area (TPSA) is 83.3 Å². The van der Waals surface area contributed by atoms with E-state index in [1.807, 2.05) is 6.07 Å². The number of sulfonamides is 1. The molecule has 0 aliphatic rings. The summed E-state index contributed by atoms with van der Waals surface area (Å²) in [5.41, 5.74) is 0. The highest BCUT2D eigenvalue weighted by atomic mass is 35.5. The standard InChI is InChI=1S/C11H14ClN3O3S/c1-18-8-7-15(6-2-5-13)19(16,17)10-3-4-11(12)14-9-10/h3-4,9H,2,6-8H2,1H3. The van der Waals surface area contributed by atoms with Gasteiger partial charge in [-0.3, -0.25) is 0 Å². The molecule has 1 aromatic heterocycles. The molecule has 19 heavy (non-hydrogen) atoms. The molecule has 0 amide bonds. The molecule has 104 valence electrons. The molecule has 0 atom stereocenters. The molecule has 0 bridgehead atoms. The summed E-state index contributed by atoms with van der Waals surface area (Å²) < 4.78 is 30.7. The van der Waals surface area contributed by atoms with Gasteiger partial charge in [-0.2, -0.15) is 9.57 Å². The van der Waals surface area contributed by atoms with E-state index in [9.17, 15) is 8.42 Å². The Labute approximate surface area is 117 Å². The van der Waals surface area contributed by atoms with Gasteiger partial charge < -0.3 is 4.74 Å². The van der Waals surface area contributed by atoms with Crippen LogP contribution in [0, 0.1) is 11.3 Å². The van der Waals surface area contributed by atoms with E-state index in [0.717, 1.165) is 0 Å². The monoisotopic (exact) mass is 303 g/mol. The van der Waals surface area contributed by atoms with Crippen LogP contribution < -0.4 is 0 Å². The van der Waals surface area contributed by atoms with Gasteiger partial charge in [-0.1, -0.05) is 11.6 Å². The highest BCUT2D eigenvalue weighted by Gasteiger charge is 2.24. The number of aromatic nitrogens is 1. The Balaban J connectivity index is 2.97. The number of nitriles is 1. The number of hydrogen-bond donors (Lipinski definition) is 0. The Hall–Kier alpha value is -1.20. The third-order valence-corrected chi connectivity index (χ3v) is 4.46. The van der Waals surface area contributed by atoms with E-state index in [-0.39, 0.29) is 36.2 Å². The van der Waals surface area contributed by atoms with Gasteiger partial charge in [0, 0.05) is 32.8 Å². The van der Waals surface area contributed by atoms with Crippen LogP contribution in [-0.2, 0) is 14.8 Å². The normalized spacial score (nSPS) is 11.5. The lowest BCUT2D eigenvalue weighted by molar-refractivity contribution is 0.179. The van der Waals surface area contributed by atoms with Crippen molar-refractivity contribution in [2.45, 2.75) is 11.3 Å². The fraction of sp³-hybridized carbons (Fsp3) is 0.455. The summed E-state index contributed by atoms with van der Waals surface area (Å²) in [5.74, 6) is 0. The maximum atomic E-state index is 12.3. The molecule has 0 unspecified atom stereocenters. The van der Waals surface area contributed by atoms with Crippen molar-refractivity contribution in [3.63, 3.8) is 0 Å². The van der Waals surface area contributed by atoms with E-state index >= 15 is 0 Å². The van der Waals surface area contributed by atoms with Crippen molar-refractivity contribution in [2.75, 3.05) is 26.8 Å². The lowest BCUT2D eigenvalue weighted by Gasteiger charge is -2.20. The highest BCUT2D eigenvalue weighted by Crippen LogP contribution is 2.16. The molecule has 0 aliphatic carbocycles. The Morgan fingerprint density at radius 1 is 1.47 bits per heavy atom. The minimum absolute atomic E-state index is 0.0472. The molecule has 0 radical (unpaired) electrons. The number of rotatable bonds is 7. The van der Waals surface area contributed by atoms with Crippen molar-refractivity contribution in [3.8, 4) is 6.07 Å². The first-order valence-corrected chi connectivity index (χ1v) is 7.31. The number of halogens is 1. The van der Waals surface area contributed by atoms with Crippen molar-refractivity contribution >= 4 is 21.6 Å². The van der Waals surface area contributed by atoms with Crippen LogP contribution in [0.5, 0.6) is 0 Å². The van der Waals surface area contributed by atoms with Gasteiger partial charge in [0.1, 0.15) is 10.0 Å². The van der Waals surface area contributed by atoms with Crippen LogP contribution in [0.2, 0.25) is 5.15 Å². The van der Waals surface area contributed by atoms with Crippen LogP contribution in [0.15, 0.2) is 23.2 Å². The Morgan fingerprint density at radius 2 is 2.21 bits per heavy atom. The number of hydrogen-bond acceptors (Lipinski definition) is 5. The van der Waals surface area contributed by atoms with Crippen LogP contribution in [0.3, 0.4) is 0 Å². The van der Waals surface area contributed by atoms with Crippen LogP contribution >= 0.6 is 11.6 Å². The quantitative estimate of drug-likeness (QED) is 0.709. The second kappa shape index (κ2) is 7.40. The molecular weight excluding hydrogens is 290 g/mol. The first kappa shape index (κ1) is 15.9. The maximum absolute atomic E-state index is 12.3. The second-order valence-electron chi connectivity index (χ2n) is 3.62. The number of ether oxygens (including phenoxy) is 1. The molecule has 1 aromatic rings. The van der Waals surface area contributed by atoms with Gasteiger partial charge in [0.2, 0.25) is 10.0 Å². The van der Waals surface area contributed by atoms with Crippen LogP contribution in [0.25, 0.3) is 0 Å². The average molecular weight is 304 g/mol. The molecule has 0 spiro atoms. The molecule has 8 heteroatoms. The molecule has 0 saturated carbocycles. The minimum atomic E-state index is -3.68. The second-order valence-corrected chi connectivity index (χ2v) is 5.95. The van der Waals surface area contributed by atoms with Crippen LogP contribution in [0.1, 0.15) is 6.42 Å². The van der Waals surface area contributed by atoms with E-state index in [1.165, 1.54) is 29.7 Å². The number of pyridine rings is 1. The lowest BCUT2D eigenvalue weighted by Crippen LogP contribution is -2.34. The smallest absolute Gasteiger partial charge is 0.244 e. The summed E-state index contributed by atoms with van der Waals surface area (Å²) in [4.78, 5) is 3.80. The summed E-state index contributed by atoms with van der Waals surface area (Å²) in [6.45, 7) is 0.555. The molecule has 0 saturated heterocycles. The van der Waals surface area contributed by atoms with E-state index in [1.54, 1.807) is 0 Å². The summed E-state index contributed by atoms with van der Waals surface area (Å²) in [6.07, 6.45) is 1.31. The molecule has 1 rings (SSSR count). The molecule has 0 aromatic carbocycles. The molecule has 6 nitrogen and oxygen atoms in total. The zero-order valence-electron chi connectivity index (χ0n) is 10.4. The average Bonchev–Trinajstić information content (AvgIpc) is 2.39. The third kappa shape index (κ3) is 4.44. The van der Waals surface area contributed by atoms with E-state index in [0.29, 0.717) is 0 Å². The maximum Gasteiger partial charge on any atom is 0.244 e. The Kier molecular flexibility index (Phi) is 6.18. The minimum Gasteiger partial charge on any atom is -0.383 e. The molecule has 0 aliphatic heterocycles. The van der Waals surface area contributed by atoms with Crippen molar-refractivity contribution < 1.29 is 13.2 Å². The molecular formula is C11H14ClN3O3S. The van der Waals surface area contributed by atoms with Crippen LogP contribution in [0.4, 0.5) is 0 Å². The van der Waals surface area contributed by atoms with Gasteiger partial charge in [0.25, 0.3) is 0 Å². The van der Waals surface area contributed by atoms with Gasteiger partial charge in [-0.05, 0) is 12.1 Å². The predicted molar refractivity (Wildman–Crippen MR) is 70.1 cm³/mol. The number of methoxy groups -OCH3 is 1. The SMILES string of the molecule is COCCN(CCC#N)S(=O)(=O)c1ccc(Cl)nc1. The largest absolute Gasteiger partial charge is 0.383 e. The Bertz CT molecular complexity index is 539. The van der Waals surface area contributed by atoms with Crippen molar-refractivity contribution in [1.82, 2.24) is 9.29 Å². The van der Waals surface area contributed by atoms with E-state index in [2.05, 4.69) is 4.98 Å². The van der Waals surface area contributed by atoms with E-state index in [4.69, 9.17) is 21.6 Å². The van der Waals surface area contributed by atoms with Crippen LogP contribution in [-0.4, -0.2) is 44.5 Å². The van der Waals surface area contributed by atoms with Gasteiger partial charge in [0.05, 0.1) is 12.7 Å². The summed E-state index contributed by atoms with van der Waals surface area (Å²) in [5, 5.41) is 8.80. The summed E-state index contributed by atoms with van der Waals surface area (Å²) >= 11 is 5.63. The zero-order valence-corrected chi connectivity index (χ0v) is 12.0. The molecule has 0 N–H and O–H groups in total. The van der Waals surface area contributed by atoms with Gasteiger partial charge in [-0.15, -0.1) is 0 Å². The highest BCUT2D eigenvalue weighted by molar-refractivity contribution is 7.89. The summed E-state index contributed by atoms with van der Waals surface area (Å²) in [6, 6.07) is 4.72. The fourth-order valence-corrected chi connectivity index (χ4v) is 2.87. The van der Waals surface area contributed by atoms with Crippen molar-refractivity contribution in [2.24, 2.45) is 0 Å². The summed E-state index contributed by atoms with van der Waals surface area (Å²) in [7, 11) is -2.20.